The summed E-state index contributed by atoms with van der Waals surface area (Å²) < 4.78 is 33.7. The number of nitrogens with zero attached hydrogens (tertiary/aromatic N) is 2. The molecule has 0 atom stereocenters. The van der Waals surface area contributed by atoms with Crippen molar-refractivity contribution in [1.82, 2.24) is 5.43 Å². The minimum absolute atomic E-state index is 0.0500. The third-order valence-electron chi connectivity index (χ3n) is 5.83. The number of amides is 1. The number of ether oxygens (including phenoxy) is 1. The van der Waals surface area contributed by atoms with Gasteiger partial charge in [0.2, 0.25) is 0 Å². The first-order chi connectivity index (χ1) is 18.7. The van der Waals surface area contributed by atoms with E-state index in [0.29, 0.717) is 12.4 Å². The molecule has 0 bridgehead atoms. The summed E-state index contributed by atoms with van der Waals surface area (Å²) in [6.07, 6.45) is 1.47. The van der Waals surface area contributed by atoms with Gasteiger partial charge in [0.1, 0.15) is 18.9 Å². The van der Waals surface area contributed by atoms with Gasteiger partial charge in [-0.2, -0.15) is 5.10 Å². The van der Waals surface area contributed by atoms with Crippen LogP contribution >= 0.6 is 11.6 Å². The van der Waals surface area contributed by atoms with Crippen LogP contribution in [-0.2, 0) is 21.4 Å². The Bertz CT molecular complexity index is 1550. The molecule has 0 radical (unpaired) electrons. The number of para-hydroxylation sites is 1. The first kappa shape index (κ1) is 27.9. The van der Waals surface area contributed by atoms with Gasteiger partial charge in [-0.25, -0.2) is 13.8 Å². The highest BCUT2D eigenvalue weighted by molar-refractivity contribution is 7.92. The second-order valence-corrected chi connectivity index (χ2v) is 11.2. The minimum atomic E-state index is -4.08. The number of aryl methyl sites for hydroxylation is 2. The molecule has 0 aliphatic rings. The highest BCUT2D eigenvalue weighted by Crippen LogP contribution is 2.30. The van der Waals surface area contributed by atoms with Crippen molar-refractivity contribution < 1.29 is 17.9 Å². The molecule has 0 fully saturated rings. The van der Waals surface area contributed by atoms with Gasteiger partial charge >= 0.3 is 0 Å². The van der Waals surface area contributed by atoms with Crippen molar-refractivity contribution in [3.05, 3.63) is 124 Å². The minimum Gasteiger partial charge on any atom is -0.489 e. The van der Waals surface area contributed by atoms with Gasteiger partial charge in [0.25, 0.3) is 15.9 Å². The second kappa shape index (κ2) is 12.6. The first-order valence-electron chi connectivity index (χ1n) is 12.2. The average molecular weight is 562 g/mol. The number of carbonyl (C=O) groups excluding carboxylic acids is 1. The smallest absolute Gasteiger partial charge is 0.264 e. The van der Waals surface area contributed by atoms with Crippen LogP contribution in [0.3, 0.4) is 0 Å². The lowest BCUT2D eigenvalue weighted by Gasteiger charge is -2.24. The fourth-order valence-electron chi connectivity index (χ4n) is 3.64. The molecule has 0 aliphatic carbocycles. The SMILES string of the molecule is Cc1ccc(COc2ccc(/C=N\NC(=O)CN(c3ccccc3Cl)S(=O)(=O)c3ccc(C)cc3)cc2)cc1. The first-order valence-corrected chi connectivity index (χ1v) is 14.0. The van der Waals surface area contributed by atoms with Crippen molar-refractivity contribution in [3.8, 4) is 5.75 Å². The van der Waals surface area contributed by atoms with E-state index in [1.807, 2.05) is 50.2 Å². The van der Waals surface area contributed by atoms with Gasteiger partial charge in [0.05, 0.1) is 21.8 Å². The maximum absolute atomic E-state index is 13.5. The molecule has 9 heteroatoms. The number of sulfonamides is 1. The number of hydrogen-bond donors (Lipinski definition) is 1. The van der Waals surface area contributed by atoms with Gasteiger partial charge in [-0.1, -0.05) is 71.3 Å². The van der Waals surface area contributed by atoms with E-state index in [4.69, 9.17) is 16.3 Å². The quantitative estimate of drug-likeness (QED) is 0.193. The van der Waals surface area contributed by atoms with Gasteiger partial charge < -0.3 is 4.74 Å². The highest BCUT2D eigenvalue weighted by atomic mass is 35.5. The molecule has 4 aromatic rings. The fourth-order valence-corrected chi connectivity index (χ4v) is 5.36. The van der Waals surface area contributed by atoms with E-state index in [9.17, 15) is 13.2 Å². The zero-order valence-corrected chi connectivity index (χ0v) is 23.1. The number of benzene rings is 4. The molecule has 0 aliphatic heterocycles. The number of carbonyl (C=O) groups is 1. The van der Waals surface area contributed by atoms with Crippen molar-refractivity contribution in [1.29, 1.82) is 0 Å². The summed E-state index contributed by atoms with van der Waals surface area (Å²) in [5, 5.41) is 4.19. The fraction of sp³-hybridized carbons (Fsp3) is 0.133. The third kappa shape index (κ3) is 7.46. The van der Waals surface area contributed by atoms with E-state index in [0.717, 1.165) is 21.0 Å². The predicted molar refractivity (Wildman–Crippen MR) is 155 cm³/mol. The monoisotopic (exact) mass is 561 g/mol. The lowest BCUT2D eigenvalue weighted by Crippen LogP contribution is -2.39. The summed E-state index contributed by atoms with van der Waals surface area (Å²) >= 11 is 6.30. The van der Waals surface area contributed by atoms with Crippen LogP contribution in [0.5, 0.6) is 5.75 Å². The molecule has 4 aromatic carbocycles. The zero-order chi connectivity index (χ0) is 27.8. The van der Waals surface area contributed by atoms with E-state index in [2.05, 4.69) is 10.5 Å². The lowest BCUT2D eigenvalue weighted by atomic mass is 10.2. The number of anilines is 1. The standard InChI is InChI=1S/C30H28ClN3O4S/c1-22-7-11-25(12-8-22)21-38-26-15-13-24(14-16-26)19-32-33-30(35)20-34(29-6-4-3-5-28(29)31)39(36,37)27-17-9-23(2)10-18-27/h3-19H,20-21H2,1-2H3,(H,33,35)/b32-19-. The Hall–Kier alpha value is -4.14. The van der Waals surface area contributed by atoms with Crippen LogP contribution in [0.25, 0.3) is 0 Å². The van der Waals surface area contributed by atoms with Gasteiger partial charge in [-0.15, -0.1) is 0 Å². The number of rotatable bonds is 10. The van der Waals surface area contributed by atoms with Crippen LogP contribution in [0.4, 0.5) is 5.69 Å². The van der Waals surface area contributed by atoms with E-state index in [1.54, 1.807) is 48.5 Å². The van der Waals surface area contributed by atoms with Crippen LogP contribution in [-0.4, -0.2) is 27.1 Å². The third-order valence-corrected chi connectivity index (χ3v) is 7.92. The summed E-state index contributed by atoms with van der Waals surface area (Å²) in [6.45, 7) is 3.84. The number of nitrogens with one attached hydrogen (secondary N) is 1. The Balaban J connectivity index is 1.41. The van der Waals surface area contributed by atoms with Crippen molar-refractivity contribution in [2.75, 3.05) is 10.8 Å². The average Bonchev–Trinajstić information content (AvgIpc) is 2.93. The molecule has 1 amide bonds. The zero-order valence-electron chi connectivity index (χ0n) is 21.5. The van der Waals surface area contributed by atoms with Crippen LogP contribution in [0.15, 0.2) is 107 Å². The Morgan fingerprint density at radius 1 is 0.897 bits per heavy atom. The van der Waals surface area contributed by atoms with Crippen molar-refractivity contribution >= 4 is 39.4 Å². The summed E-state index contributed by atoms with van der Waals surface area (Å²) in [5.74, 6) is 0.0772. The van der Waals surface area contributed by atoms with Crippen LogP contribution in [0, 0.1) is 13.8 Å². The van der Waals surface area contributed by atoms with Gasteiger partial charge in [0, 0.05) is 0 Å². The Morgan fingerprint density at radius 2 is 1.51 bits per heavy atom. The molecule has 0 unspecified atom stereocenters. The summed E-state index contributed by atoms with van der Waals surface area (Å²) in [7, 11) is -4.08. The van der Waals surface area contributed by atoms with Crippen LogP contribution < -0.4 is 14.5 Å². The Kier molecular flexibility index (Phi) is 9.01. The normalized spacial score (nSPS) is 11.4. The molecule has 1 N–H and O–H groups in total. The highest BCUT2D eigenvalue weighted by Gasteiger charge is 2.28. The van der Waals surface area contributed by atoms with Gasteiger partial charge in [-0.3, -0.25) is 9.10 Å². The van der Waals surface area contributed by atoms with E-state index in [-0.39, 0.29) is 15.6 Å². The van der Waals surface area contributed by atoms with Crippen molar-refractivity contribution in [2.45, 2.75) is 25.3 Å². The van der Waals surface area contributed by atoms with Crippen LogP contribution in [0.2, 0.25) is 5.02 Å². The van der Waals surface area contributed by atoms with E-state index < -0.39 is 22.5 Å². The number of hydrazone groups is 1. The molecule has 39 heavy (non-hydrogen) atoms. The van der Waals surface area contributed by atoms with Crippen molar-refractivity contribution in [2.24, 2.45) is 5.10 Å². The molecule has 200 valence electrons. The Morgan fingerprint density at radius 3 is 2.15 bits per heavy atom. The second-order valence-electron chi connectivity index (χ2n) is 8.91. The van der Waals surface area contributed by atoms with Gasteiger partial charge in [-0.05, 0) is 73.5 Å². The van der Waals surface area contributed by atoms with Crippen molar-refractivity contribution in [3.63, 3.8) is 0 Å². The van der Waals surface area contributed by atoms with E-state index in [1.165, 1.54) is 23.9 Å². The molecule has 0 saturated carbocycles. The number of hydrogen-bond acceptors (Lipinski definition) is 5. The van der Waals surface area contributed by atoms with Gasteiger partial charge in [0.15, 0.2) is 0 Å². The lowest BCUT2D eigenvalue weighted by molar-refractivity contribution is -0.119. The molecule has 7 nitrogen and oxygen atoms in total. The predicted octanol–water partition coefficient (Wildman–Crippen LogP) is 5.88. The summed E-state index contributed by atoms with van der Waals surface area (Å²) in [4.78, 5) is 12.8. The molecular formula is C30H28ClN3O4S. The Labute approximate surface area is 233 Å². The molecule has 0 spiro atoms. The van der Waals surface area contributed by atoms with E-state index >= 15 is 0 Å². The molecule has 4 rings (SSSR count). The molecule has 0 aromatic heterocycles. The maximum Gasteiger partial charge on any atom is 0.264 e. The largest absolute Gasteiger partial charge is 0.489 e. The maximum atomic E-state index is 13.5. The van der Waals surface area contributed by atoms with Crippen LogP contribution in [0.1, 0.15) is 22.3 Å². The summed E-state index contributed by atoms with van der Waals surface area (Å²) in [6, 6.07) is 28.2. The number of halogens is 1. The molecule has 0 saturated heterocycles. The summed E-state index contributed by atoms with van der Waals surface area (Å²) in [5.41, 5.74) is 6.50. The topological polar surface area (TPSA) is 88.1 Å². The molecular weight excluding hydrogens is 534 g/mol. The molecule has 0 heterocycles.